The number of esters is 1. The Morgan fingerprint density at radius 3 is 2.53 bits per heavy atom. The monoisotopic (exact) mass is 327 g/mol. The van der Waals surface area contributed by atoms with Gasteiger partial charge in [0.2, 0.25) is 0 Å². The third-order valence-corrected chi connectivity index (χ3v) is 3.36. The molecule has 2 N–H and O–H groups in total. The molecule has 0 heterocycles. The van der Waals surface area contributed by atoms with Crippen LogP contribution in [0.3, 0.4) is 0 Å². The van der Waals surface area contributed by atoms with Gasteiger partial charge in [0, 0.05) is 10.5 Å². The molecule has 1 aromatic carbocycles. The molecule has 1 aromatic rings. The lowest BCUT2D eigenvalue weighted by atomic mass is 9.85. The lowest BCUT2D eigenvalue weighted by molar-refractivity contribution is -0.143. The van der Waals surface area contributed by atoms with Crippen LogP contribution in [-0.4, -0.2) is 12.6 Å². The first kappa shape index (κ1) is 16.2. The van der Waals surface area contributed by atoms with Crippen LogP contribution >= 0.6 is 15.9 Å². The molecule has 0 aromatic heterocycles. The molecular formula is C15H22BrNO2. The highest BCUT2D eigenvalue weighted by Crippen LogP contribution is 2.29. The summed E-state index contributed by atoms with van der Waals surface area (Å²) in [5.41, 5.74) is 8.27. The van der Waals surface area contributed by atoms with Crippen LogP contribution < -0.4 is 5.73 Å². The summed E-state index contributed by atoms with van der Waals surface area (Å²) in [6.45, 7) is 8.62. The van der Waals surface area contributed by atoms with Crippen molar-refractivity contribution >= 4 is 21.9 Å². The minimum absolute atomic E-state index is 0.0438. The smallest absolute Gasteiger partial charge is 0.307 e. The zero-order chi connectivity index (χ0) is 14.6. The minimum atomic E-state index is -0.336. The van der Waals surface area contributed by atoms with E-state index in [9.17, 15) is 4.79 Å². The minimum Gasteiger partial charge on any atom is -0.466 e. The van der Waals surface area contributed by atoms with Crippen molar-refractivity contribution < 1.29 is 9.53 Å². The fourth-order valence-corrected chi connectivity index (χ4v) is 2.29. The van der Waals surface area contributed by atoms with Crippen LogP contribution in [0.15, 0.2) is 22.7 Å². The number of hydrogen-bond acceptors (Lipinski definition) is 3. The van der Waals surface area contributed by atoms with E-state index in [1.165, 1.54) is 5.56 Å². The van der Waals surface area contributed by atoms with Gasteiger partial charge in [-0.15, -0.1) is 0 Å². The maximum Gasteiger partial charge on any atom is 0.307 e. The molecule has 3 nitrogen and oxygen atoms in total. The Hall–Kier alpha value is -0.870. The molecule has 0 spiro atoms. The first-order valence-electron chi connectivity index (χ1n) is 6.46. The fraction of sp³-hybridized carbons (Fsp3) is 0.533. The number of halogens is 1. The first-order chi connectivity index (χ1) is 8.74. The molecular weight excluding hydrogens is 306 g/mol. The maximum absolute atomic E-state index is 11.5. The Kier molecular flexibility index (Phi) is 5.56. The molecule has 0 aliphatic rings. The number of benzene rings is 1. The highest BCUT2D eigenvalue weighted by atomic mass is 79.9. The van der Waals surface area contributed by atoms with E-state index in [4.69, 9.17) is 10.5 Å². The highest BCUT2D eigenvalue weighted by molar-refractivity contribution is 9.10. The molecule has 0 fully saturated rings. The molecule has 4 heteroatoms. The predicted molar refractivity (Wildman–Crippen MR) is 81.0 cm³/mol. The topological polar surface area (TPSA) is 52.3 Å². The Morgan fingerprint density at radius 2 is 2.00 bits per heavy atom. The van der Waals surface area contributed by atoms with E-state index in [2.05, 4.69) is 48.8 Å². The van der Waals surface area contributed by atoms with Gasteiger partial charge in [-0.1, -0.05) is 42.8 Å². The van der Waals surface area contributed by atoms with E-state index < -0.39 is 0 Å². The van der Waals surface area contributed by atoms with Gasteiger partial charge in [0.25, 0.3) is 0 Å². The lowest BCUT2D eigenvalue weighted by Crippen LogP contribution is -2.19. The molecule has 1 rings (SSSR count). The van der Waals surface area contributed by atoms with Gasteiger partial charge < -0.3 is 10.5 Å². The van der Waals surface area contributed by atoms with E-state index in [0.29, 0.717) is 6.61 Å². The SMILES string of the molecule is CCOC(=O)C[C@@H](N)c1cc(Br)cc(C(C)(C)C)c1. The van der Waals surface area contributed by atoms with Crippen LogP contribution in [0.1, 0.15) is 51.3 Å². The van der Waals surface area contributed by atoms with Crippen molar-refractivity contribution in [3.63, 3.8) is 0 Å². The number of ether oxygens (including phenoxy) is 1. The second-order valence-electron chi connectivity index (χ2n) is 5.64. The summed E-state index contributed by atoms with van der Waals surface area (Å²) in [6, 6.07) is 5.77. The van der Waals surface area contributed by atoms with Gasteiger partial charge in [0.05, 0.1) is 13.0 Å². The molecule has 0 aliphatic carbocycles. The van der Waals surface area contributed by atoms with Gasteiger partial charge in [-0.3, -0.25) is 4.79 Å². The molecule has 1 atom stereocenters. The Morgan fingerprint density at radius 1 is 1.37 bits per heavy atom. The quantitative estimate of drug-likeness (QED) is 0.858. The first-order valence-corrected chi connectivity index (χ1v) is 7.25. The van der Waals surface area contributed by atoms with Gasteiger partial charge in [-0.05, 0) is 35.6 Å². The van der Waals surface area contributed by atoms with Gasteiger partial charge in [0.15, 0.2) is 0 Å². The number of rotatable bonds is 4. The standard InChI is InChI=1S/C15H22BrNO2/c1-5-19-14(18)9-13(17)10-6-11(15(2,3)4)8-12(16)7-10/h6-8,13H,5,9,17H2,1-4H3/t13-/m1/s1. The summed E-state index contributed by atoms with van der Waals surface area (Å²) >= 11 is 3.50. The second kappa shape index (κ2) is 6.53. The van der Waals surface area contributed by atoms with Crippen LogP contribution in [-0.2, 0) is 14.9 Å². The second-order valence-corrected chi connectivity index (χ2v) is 6.55. The number of carbonyl (C=O) groups is 1. The van der Waals surface area contributed by atoms with E-state index in [1.54, 1.807) is 6.92 Å². The predicted octanol–water partition coefficient (Wildman–Crippen LogP) is 3.70. The normalized spacial score (nSPS) is 13.2. The highest BCUT2D eigenvalue weighted by Gasteiger charge is 2.18. The summed E-state index contributed by atoms with van der Waals surface area (Å²) in [7, 11) is 0. The molecule has 19 heavy (non-hydrogen) atoms. The average Bonchev–Trinajstić information content (AvgIpc) is 2.27. The molecule has 0 saturated heterocycles. The molecule has 0 bridgehead atoms. The molecule has 0 aliphatic heterocycles. The molecule has 0 saturated carbocycles. The van der Waals surface area contributed by atoms with Crippen molar-refractivity contribution in [3.8, 4) is 0 Å². The van der Waals surface area contributed by atoms with Gasteiger partial charge in [-0.2, -0.15) is 0 Å². The van der Waals surface area contributed by atoms with Crippen LogP contribution in [0.25, 0.3) is 0 Å². The summed E-state index contributed by atoms with van der Waals surface area (Å²) in [4.78, 5) is 11.5. The van der Waals surface area contributed by atoms with Gasteiger partial charge in [-0.25, -0.2) is 0 Å². The van der Waals surface area contributed by atoms with Crippen molar-refractivity contribution in [2.45, 2.75) is 45.6 Å². The zero-order valence-electron chi connectivity index (χ0n) is 12.0. The summed E-state index contributed by atoms with van der Waals surface area (Å²) in [5.74, 6) is -0.257. The van der Waals surface area contributed by atoms with Crippen molar-refractivity contribution in [2.24, 2.45) is 5.73 Å². The van der Waals surface area contributed by atoms with Crippen molar-refractivity contribution in [1.82, 2.24) is 0 Å². The van der Waals surface area contributed by atoms with E-state index in [-0.39, 0.29) is 23.8 Å². The fourth-order valence-electron chi connectivity index (χ4n) is 1.78. The Balaban J connectivity index is 2.94. The number of nitrogens with two attached hydrogens (primary N) is 1. The molecule has 106 valence electrons. The lowest BCUT2D eigenvalue weighted by Gasteiger charge is -2.22. The zero-order valence-corrected chi connectivity index (χ0v) is 13.6. The maximum atomic E-state index is 11.5. The summed E-state index contributed by atoms with van der Waals surface area (Å²) in [5, 5.41) is 0. The summed E-state index contributed by atoms with van der Waals surface area (Å²) in [6.07, 6.45) is 0.202. The van der Waals surface area contributed by atoms with E-state index in [1.807, 2.05) is 6.07 Å². The average molecular weight is 328 g/mol. The third-order valence-electron chi connectivity index (χ3n) is 2.91. The molecule has 0 unspecified atom stereocenters. The van der Waals surface area contributed by atoms with Crippen LogP contribution in [0, 0.1) is 0 Å². The van der Waals surface area contributed by atoms with Crippen molar-refractivity contribution in [2.75, 3.05) is 6.61 Å². The number of carbonyl (C=O) groups excluding carboxylic acids is 1. The summed E-state index contributed by atoms with van der Waals surface area (Å²) < 4.78 is 5.91. The largest absolute Gasteiger partial charge is 0.466 e. The van der Waals surface area contributed by atoms with Crippen LogP contribution in [0.5, 0.6) is 0 Å². The number of hydrogen-bond donors (Lipinski definition) is 1. The molecule has 0 radical (unpaired) electrons. The molecule has 0 amide bonds. The van der Waals surface area contributed by atoms with Crippen molar-refractivity contribution in [1.29, 1.82) is 0 Å². The third kappa shape index (κ3) is 4.96. The van der Waals surface area contributed by atoms with Crippen molar-refractivity contribution in [3.05, 3.63) is 33.8 Å². The van der Waals surface area contributed by atoms with E-state index >= 15 is 0 Å². The Bertz CT molecular complexity index is 452. The Labute approximate surface area is 123 Å². The van der Waals surface area contributed by atoms with Crippen LogP contribution in [0.4, 0.5) is 0 Å². The van der Waals surface area contributed by atoms with Crippen LogP contribution in [0.2, 0.25) is 0 Å². The van der Waals surface area contributed by atoms with E-state index in [0.717, 1.165) is 10.0 Å². The van der Waals surface area contributed by atoms with Gasteiger partial charge >= 0.3 is 5.97 Å². The van der Waals surface area contributed by atoms with Gasteiger partial charge in [0.1, 0.15) is 0 Å².